The van der Waals surface area contributed by atoms with E-state index in [1.54, 1.807) is 42.7 Å². The molecular weight excluding hydrogens is 475 g/mol. The Morgan fingerprint density at radius 1 is 1.11 bits per heavy atom. The molecule has 10 heteroatoms. The molecule has 7 nitrogen and oxygen atoms in total. The van der Waals surface area contributed by atoms with Crippen molar-refractivity contribution >= 4 is 12.0 Å². The van der Waals surface area contributed by atoms with Crippen LogP contribution in [0.2, 0.25) is 0 Å². The van der Waals surface area contributed by atoms with E-state index in [2.05, 4.69) is 15.6 Å². The molecule has 190 valence electrons. The number of alkyl halides is 3. The second-order valence-electron chi connectivity index (χ2n) is 8.01. The molecule has 0 fully saturated rings. The largest absolute Gasteiger partial charge is 0.496 e. The van der Waals surface area contributed by atoms with E-state index in [0.29, 0.717) is 23.1 Å². The number of aliphatic carboxylic acids is 1. The van der Waals surface area contributed by atoms with Gasteiger partial charge in [0.05, 0.1) is 25.1 Å². The van der Waals surface area contributed by atoms with Crippen molar-refractivity contribution < 1.29 is 32.6 Å². The van der Waals surface area contributed by atoms with E-state index >= 15 is 0 Å². The SMILES string of the molecule is CCC(NC(=O)NCc1cccnc1)c1ccccc1-c1cc(CC(=O)O)c(C(F)(F)F)cc1OC. The van der Waals surface area contributed by atoms with Crippen LogP contribution in [0.4, 0.5) is 18.0 Å². The molecule has 0 aliphatic carbocycles. The van der Waals surface area contributed by atoms with Crippen LogP contribution in [0.1, 0.15) is 41.6 Å². The molecule has 3 N–H and O–H groups in total. The molecule has 1 unspecified atom stereocenters. The normalized spacial score (nSPS) is 12.0. The van der Waals surface area contributed by atoms with Gasteiger partial charge in [-0.25, -0.2) is 4.79 Å². The number of urea groups is 1. The number of benzene rings is 2. The Hall–Kier alpha value is -4.08. The predicted octanol–water partition coefficient (Wildman–Crippen LogP) is 5.35. The van der Waals surface area contributed by atoms with E-state index in [1.165, 1.54) is 13.2 Å². The van der Waals surface area contributed by atoms with E-state index in [1.807, 2.05) is 13.0 Å². The van der Waals surface area contributed by atoms with E-state index < -0.39 is 36.2 Å². The quantitative estimate of drug-likeness (QED) is 0.367. The lowest BCUT2D eigenvalue weighted by Gasteiger charge is -2.23. The first-order valence-electron chi connectivity index (χ1n) is 11.2. The van der Waals surface area contributed by atoms with Crippen molar-refractivity contribution in [2.45, 2.75) is 38.5 Å². The van der Waals surface area contributed by atoms with E-state index in [4.69, 9.17) is 4.74 Å². The van der Waals surface area contributed by atoms with Crippen molar-refractivity contribution in [1.29, 1.82) is 0 Å². The van der Waals surface area contributed by atoms with Crippen molar-refractivity contribution in [3.8, 4) is 16.9 Å². The Bertz CT molecular complexity index is 1220. The maximum absolute atomic E-state index is 13.6. The first-order chi connectivity index (χ1) is 17.1. The number of amides is 2. The smallest absolute Gasteiger partial charge is 0.416 e. The number of methoxy groups -OCH3 is 1. The number of aromatic nitrogens is 1. The Balaban J connectivity index is 1.97. The highest BCUT2D eigenvalue weighted by Gasteiger charge is 2.35. The standard InChI is InChI=1S/C26H26F3N3O4/c1-3-22(32-25(35)31-15-16-7-6-10-30-14-16)19-9-5-4-8-18(19)20-11-17(12-24(33)34)21(26(27,28)29)13-23(20)36-2/h4-11,13-14,22H,3,12,15H2,1-2H3,(H,33,34)(H2,31,32,35). The fourth-order valence-electron chi connectivity index (χ4n) is 3.92. The third-order valence-electron chi connectivity index (χ3n) is 5.59. The fourth-order valence-corrected chi connectivity index (χ4v) is 3.92. The number of carbonyl (C=O) groups is 2. The summed E-state index contributed by atoms with van der Waals surface area (Å²) in [5.74, 6) is -1.44. The van der Waals surface area contributed by atoms with Crippen LogP contribution in [0.5, 0.6) is 5.75 Å². The lowest BCUT2D eigenvalue weighted by atomic mass is 9.90. The van der Waals surface area contributed by atoms with Crippen LogP contribution >= 0.6 is 0 Å². The van der Waals surface area contributed by atoms with Crippen LogP contribution in [0.15, 0.2) is 60.9 Å². The zero-order valence-corrected chi connectivity index (χ0v) is 19.7. The van der Waals surface area contributed by atoms with Crippen molar-refractivity contribution in [1.82, 2.24) is 15.6 Å². The molecule has 0 aliphatic heterocycles. The van der Waals surface area contributed by atoms with Gasteiger partial charge >= 0.3 is 18.2 Å². The van der Waals surface area contributed by atoms with Crippen LogP contribution in [-0.4, -0.2) is 29.2 Å². The molecule has 0 saturated carbocycles. The number of hydrogen-bond donors (Lipinski definition) is 3. The summed E-state index contributed by atoms with van der Waals surface area (Å²) in [5, 5.41) is 14.9. The molecule has 0 saturated heterocycles. The summed E-state index contributed by atoms with van der Waals surface area (Å²) in [6.45, 7) is 2.13. The maximum Gasteiger partial charge on any atom is 0.416 e. The number of ether oxygens (including phenoxy) is 1. The lowest BCUT2D eigenvalue weighted by molar-refractivity contribution is -0.139. The fraction of sp³-hybridized carbons (Fsp3) is 0.269. The number of nitrogens with one attached hydrogen (secondary N) is 2. The topological polar surface area (TPSA) is 101 Å². The van der Waals surface area contributed by atoms with Gasteiger partial charge in [0.2, 0.25) is 0 Å². The highest BCUT2D eigenvalue weighted by atomic mass is 19.4. The van der Waals surface area contributed by atoms with Gasteiger partial charge in [0.15, 0.2) is 0 Å². The highest BCUT2D eigenvalue weighted by Crippen LogP contribution is 2.42. The minimum atomic E-state index is -4.75. The third kappa shape index (κ3) is 6.53. The summed E-state index contributed by atoms with van der Waals surface area (Å²) in [5.41, 5.74) is 0.846. The number of carboxylic acids is 1. The summed E-state index contributed by atoms with van der Waals surface area (Å²) in [4.78, 5) is 27.9. The number of pyridine rings is 1. The average molecular weight is 502 g/mol. The zero-order valence-electron chi connectivity index (χ0n) is 19.7. The second-order valence-corrected chi connectivity index (χ2v) is 8.01. The molecule has 1 heterocycles. The van der Waals surface area contributed by atoms with Gasteiger partial charge in [-0.1, -0.05) is 37.3 Å². The molecule has 3 rings (SSSR count). The molecule has 1 atom stereocenters. The van der Waals surface area contributed by atoms with Gasteiger partial charge in [-0.05, 0) is 46.9 Å². The van der Waals surface area contributed by atoms with E-state index in [0.717, 1.165) is 11.6 Å². The van der Waals surface area contributed by atoms with Gasteiger partial charge in [0, 0.05) is 24.5 Å². The molecule has 2 aromatic carbocycles. The Labute approximate surface area is 206 Å². The Kier molecular flexibility index (Phi) is 8.52. The van der Waals surface area contributed by atoms with E-state index in [-0.39, 0.29) is 17.9 Å². The van der Waals surface area contributed by atoms with Crippen LogP contribution in [0.25, 0.3) is 11.1 Å². The van der Waals surface area contributed by atoms with Crippen molar-refractivity contribution in [2.24, 2.45) is 0 Å². The monoisotopic (exact) mass is 501 g/mol. The summed E-state index contributed by atoms with van der Waals surface area (Å²) in [6, 6.07) is 11.6. The van der Waals surface area contributed by atoms with Crippen LogP contribution < -0.4 is 15.4 Å². The van der Waals surface area contributed by atoms with Gasteiger partial charge in [-0.15, -0.1) is 0 Å². The molecule has 0 radical (unpaired) electrons. The molecule has 0 spiro atoms. The lowest BCUT2D eigenvalue weighted by Crippen LogP contribution is -2.37. The number of carboxylic acid groups (broad SMARTS) is 1. The van der Waals surface area contributed by atoms with Gasteiger partial charge in [-0.3, -0.25) is 9.78 Å². The molecule has 0 aliphatic rings. The molecule has 36 heavy (non-hydrogen) atoms. The summed E-state index contributed by atoms with van der Waals surface area (Å²) in [6.07, 6.45) is -1.80. The number of nitrogens with zero attached hydrogens (tertiary/aromatic N) is 1. The van der Waals surface area contributed by atoms with Gasteiger partial charge in [0.25, 0.3) is 0 Å². The zero-order chi connectivity index (χ0) is 26.3. The minimum absolute atomic E-state index is 0.0557. The Morgan fingerprint density at radius 2 is 1.86 bits per heavy atom. The van der Waals surface area contributed by atoms with E-state index in [9.17, 15) is 27.9 Å². The predicted molar refractivity (Wildman–Crippen MR) is 127 cm³/mol. The molecule has 2 amide bonds. The van der Waals surface area contributed by atoms with Crippen LogP contribution in [-0.2, 0) is 23.9 Å². The van der Waals surface area contributed by atoms with Gasteiger partial charge < -0.3 is 20.5 Å². The minimum Gasteiger partial charge on any atom is -0.496 e. The summed E-state index contributed by atoms with van der Waals surface area (Å²) in [7, 11) is 1.25. The molecule has 0 bridgehead atoms. The third-order valence-corrected chi connectivity index (χ3v) is 5.59. The number of carbonyl (C=O) groups excluding carboxylic acids is 1. The van der Waals surface area contributed by atoms with Crippen LogP contribution in [0, 0.1) is 0 Å². The molecule has 1 aromatic heterocycles. The van der Waals surface area contributed by atoms with Gasteiger partial charge in [-0.2, -0.15) is 13.2 Å². The first kappa shape index (κ1) is 26.5. The second kappa shape index (κ2) is 11.6. The molecular formula is C26H26F3N3O4. The highest BCUT2D eigenvalue weighted by molar-refractivity contribution is 5.79. The maximum atomic E-state index is 13.6. The van der Waals surface area contributed by atoms with Crippen molar-refractivity contribution in [2.75, 3.05) is 7.11 Å². The number of rotatable bonds is 9. The summed E-state index contributed by atoms with van der Waals surface area (Å²) < 4.78 is 46.2. The molecule has 3 aromatic rings. The van der Waals surface area contributed by atoms with Crippen LogP contribution in [0.3, 0.4) is 0 Å². The number of hydrogen-bond acceptors (Lipinski definition) is 4. The van der Waals surface area contributed by atoms with Gasteiger partial charge in [0.1, 0.15) is 5.75 Å². The summed E-state index contributed by atoms with van der Waals surface area (Å²) >= 11 is 0. The average Bonchev–Trinajstić information content (AvgIpc) is 2.85. The number of halogens is 3. The Morgan fingerprint density at radius 3 is 2.47 bits per heavy atom. The van der Waals surface area contributed by atoms with Crippen molar-refractivity contribution in [3.05, 3.63) is 83.2 Å². The van der Waals surface area contributed by atoms with Crippen molar-refractivity contribution in [3.63, 3.8) is 0 Å². The first-order valence-corrected chi connectivity index (χ1v) is 11.2.